The van der Waals surface area contributed by atoms with Gasteiger partial charge in [-0.1, -0.05) is 13.8 Å². The molecule has 0 saturated carbocycles. The molecule has 0 aliphatic rings. The van der Waals surface area contributed by atoms with Gasteiger partial charge in [0.05, 0.1) is 12.0 Å². The molecule has 0 aliphatic heterocycles. The lowest BCUT2D eigenvalue weighted by atomic mass is 9.93. The maximum absolute atomic E-state index is 11.5. The van der Waals surface area contributed by atoms with Crippen LogP contribution in [0.25, 0.3) is 0 Å². The van der Waals surface area contributed by atoms with Gasteiger partial charge in [-0.15, -0.1) is 0 Å². The van der Waals surface area contributed by atoms with Crippen molar-refractivity contribution in [3.05, 3.63) is 0 Å². The summed E-state index contributed by atoms with van der Waals surface area (Å²) in [5.41, 5.74) is -0.426. The highest BCUT2D eigenvalue weighted by atomic mass is 16.5. The van der Waals surface area contributed by atoms with Crippen molar-refractivity contribution in [1.29, 1.82) is 0 Å². The molecular weight excluding hydrogens is 178 g/mol. The second-order valence-corrected chi connectivity index (χ2v) is 4.63. The van der Waals surface area contributed by atoms with Crippen LogP contribution in [0.4, 0.5) is 0 Å². The SMILES string of the molecule is CCOC(=O)C(C)(C)CNCC(C)C. The molecule has 14 heavy (non-hydrogen) atoms. The van der Waals surface area contributed by atoms with E-state index in [9.17, 15) is 4.79 Å². The Morgan fingerprint density at radius 1 is 1.43 bits per heavy atom. The average molecular weight is 201 g/mol. The summed E-state index contributed by atoms with van der Waals surface area (Å²) >= 11 is 0. The van der Waals surface area contributed by atoms with E-state index in [0.717, 1.165) is 6.54 Å². The molecule has 0 radical (unpaired) electrons. The minimum atomic E-state index is -0.426. The third-order valence-corrected chi connectivity index (χ3v) is 1.95. The molecule has 0 aliphatic carbocycles. The van der Waals surface area contributed by atoms with Crippen LogP contribution in [0.3, 0.4) is 0 Å². The van der Waals surface area contributed by atoms with Crippen molar-refractivity contribution in [2.45, 2.75) is 34.6 Å². The Hall–Kier alpha value is -0.570. The summed E-state index contributed by atoms with van der Waals surface area (Å²) in [5, 5.41) is 3.26. The van der Waals surface area contributed by atoms with Gasteiger partial charge in [-0.2, -0.15) is 0 Å². The van der Waals surface area contributed by atoms with E-state index in [1.54, 1.807) is 0 Å². The van der Waals surface area contributed by atoms with E-state index in [1.165, 1.54) is 0 Å². The number of rotatable bonds is 6. The van der Waals surface area contributed by atoms with E-state index < -0.39 is 5.41 Å². The largest absolute Gasteiger partial charge is 0.466 e. The molecule has 0 bridgehead atoms. The Bertz CT molecular complexity index is 176. The third-order valence-electron chi connectivity index (χ3n) is 1.95. The zero-order valence-electron chi connectivity index (χ0n) is 10.0. The number of ether oxygens (including phenoxy) is 1. The van der Waals surface area contributed by atoms with Gasteiger partial charge < -0.3 is 10.1 Å². The van der Waals surface area contributed by atoms with Gasteiger partial charge in [-0.05, 0) is 33.2 Å². The summed E-state index contributed by atoms with van der Waals surface area (Å²) in [4.78, 5) is 11.5. The van der Waals surface area contributed by atoms with Crippen molar-refractivity contribution >= 4 is 5.97 Å². The summed E-state index contributed by atoms with van der Waals surface area (Å²) in [7, 11) is 0. The van der Waals surface area contributed by atoms with Crippen LogP contribution in [0.15, 0.2) is 0 Å². The van der Waals surface area contributed by atoms with Crippen LogP contribution in [0, 0.1) is 11.3 Å². The minimum absolute atomic E-state index is 0.128. The van der Waals surface area contributed by atoms with Crippen LogP contribution >= 0.6 is 0 Å². The van der Waals surface area contributed by atoms with E-state index in [2.05, 4.69) is 19.2 Å². The van der Waals surface area contributed by atoms with Gasteiger partial charge in [0, 0.05) is 6.54 Å². The molecule has 1 N–H and O–H groups in total. The van der Waals surface area contributed by atoms with Crippen molar-refractivity contribution in [2.24, 2.45) is 11.3 Å². The lowest BCUT2D eigenvalue weighted by molar-refractivity contribution is -0.153. The zero-order chi connectivity index (χ0) is 11.2. The predicted molar refractivity (Wildman–Crippen MR) is 58.1 cm³/mol. The molecular formula is C11H23NO2. The second-order valence-electron chi connectivity index (χ2n) is 4.63. The number of hydrogen-bond acceptors (Lipinski definition) is 3. The summed E-state index contributed by atoms with van der Waals surface area (Å²) in [6.07, 6.45) is 0. The summed E-state index contributed by atoms with van der Waals surface area (Å²) in [6, 6.07) is 0. The van der Waals surface area contributed by atoms with Crippen LogP contribution in [-0.2, 0) is 9.53 Å². The van der Waals surface area contributed by atoms with Gasteiger partial charge in [0.1, 0.15) is 0 Å². The van der Waals surface area contributed by atoms with Gasteiger partial charge in [-0.3, -0.25) is 4.79 Å². The Labute approximate surface area is 87.2 Å². The Kier molecular flexibility index (Phi) is 5.77. The fourth-order valence-corrected chi connectivity index (χ4v) is 1.07. The molecule has 0 spiro atoms. The van der Waals surface area contributed by atoms with Crippen molar-refractivity contribution in [3.63, 3.8) is 0 Å². The number of hydrogen-bond donors (Lipinski definition) is 1. The number of carbonyl (C=O) groups excluding carboxylic acids is 1. The topological polar surface area (TPSA) is 38.3 Å². The van der Waals surface area contributed by atoms with E-state index in [4.69, 9.17) is 4.74 Å². The highest BCUT2D eigenvalue weighted by Crippen LogP contribution is 2.15. The molecule has 3 nitrogen and oxygen atoms in total. The molecule has 0 atom stereocenters. The normalized spacial score (nSPS) is 11.9. The maximum Gasteiger partial charge on any atom is 0.312 e. The van der Waals surface area contributed by atoms with Crippen LogP contribution in [0.1, 0.15) is 34.6 Å². The standard InChI is InChI=1S/C11H23NO2/c1-6-14-10(13)11(4,5)8-12-7-9(2)3/h9,12H,6-8H2,1-5H3. The molecule has 0 heterocycles. The molecule has 0 unspecified atom stereocenters. The van der Waals surface area contributed by atoms with E-state index in [-0.39, 0.29) is 5.97 Å². The van der Waals surface area contributed by atoms with Gasteiger partial charge in [0.25, 0.3) is 0 Å². The maximum atomic E-state index is 11.5. The van der Waals surface area contributed by atoms with Crippen molar-refractivity contribution in [3.8, 4) is 0 Å². The van der Waals surface area contributed by atoms with Crippen LogP contribution in [0.2, 0.25) is 0 Å². The van der Waals surface area contributed by atoms with E-state index >= 15 is 0 Å². The Morgan fingerprint density at radius 3 is 2.43 bits per heavy atom. The molecule has 3 heteroatoms. The first-order valence-corrected chi connectivity index (χ1v) is 5.28. The van der Waals surface area contributed by atoms with E-state index in [0.29, 0.717) is 19.1 Å². The quantitative estimate of drug-likeness (QED) is 0.666. The van der Waals surface area contributed by atoms with Gasteiger partial charge >= 0.3 is 5.97 Å². The lowest BCUT2D eigenvalue weighted by Crippen LogP contribution is -2.38. The van der Waals surface area contributed by atoms with Crippen LogP contribution in [-0.4, -0.2) is 25.7 Å². The molecule has 0 aromatic heterocycles. The fraction of sp³-hybridized carbons (Fsp3) is 0.909. The first-order valence-electron chi connectivity index (χ1n) is 5.28. The first kappa shape index (κ1) is 13.4. The predicted octanol–water partition coefficient (Wildman–Crippen LogP) is 1.82. The highest BCUT2D eigenvalue weighted by Gasteiger charge is 2.28. The van der Waals surface area contributed by atoms with Crippen LogP contribution < -0.4 is 5.32 Å². The molecule has 0 saturated heterocycles. The number of nitrogens with one attached hydrogen (secondary N) is 1. The first-order chi connectivity index (χ1) is 6.40. The molecule has 0 rings (SSSR count). The Morgan fingerprint density at radius 2 is 2.00 bits per heavy atom. The smallest absolute Gasteiger partial charge is 0.312 e. The monoisotopic (exact) mass is 201 g/mol. The van der Waals surface area contributed by atoms with Crippen molar-refractivity contribution in [1.82, 2.24) is 5.32 Å². The molecule has 0 fully saturated rings. The number of esters is 1. The van der Waals surface area contributed by atoms with Crippen molar-refractivity contribution < 1.29 is 9.53 Å². The molecule has 0 aromatic rings. The minimum Gasteiger partial charge on any atom is -0.466 e. The van der Waals surface area contributed by atoms with Crippen LogP contribution in [0.5, 0.6) is 0 Å². The Balaban J connectivity index is 3.87. The van der Waals surface area contributed by atoms with Gasteiger partial charge in [0.2, 0.25) is 0 Å². The van der Waals surface area contributed by atoms with E-state index in [1.807, 2.05) is 20.8 Å². The molecule has 0 amide bonds. The molecule has 0 aromatic carbocycles. The lowest BCUT2D eigenvalue weighted by Gasteiger charge is -2.23. The second kappa shape index (κ2) is 6.02. The average Bonchev–Trinajstić information content (AvgIpc) is 2.03. The zero-order valence-corrected chi connectivity index (χ0v) is 10.0. The van der Waals surface area contributed by atoms with Crippen molar-refractivity contribution in [2.75, 3.05) is 19.7 Å². The highest BCUT2D eigenvalue weighted by molar-refractivity contribution is 5.76. The molecule has 84 valence electrons. The number of carbonyl (C=O) groups is 1. The summed E-state index contributed by atoms with van der Waals surface area (Å²) in [5.74, 6) is 0.476. The van der Waals surface area contributed by atoms with Gasteiger partial charge in [-0.25, -0.2) is 0 Å². The van der Waals surface area contributed by atoms with Gasteiger partial charge in [0.15, 0.2) is 0 Å². The summed E-state index contributed by atoms with van der Waals surface area (Å²) < 4.78 is 4.99. The third kappa shape index (κ3) is 5.22. The fourth-order valence-electron chi connectivity index (χ4n) is 1.07. The summed E-state index contributed by atoms with van der Waals surface area (Å²) in [6.45, 7) is 12.0.